The molecule has 1 aliphatic heterocycles. The van der Waals surface area contributed by atoms with Gasteiger partial charge in [-0.15, -0.1) is 0 Å². The normalized spacial score (nSPS) is 34.4. The molecule has 1 heterocycles. The Hall–Kier alpha value is -0.830. The lowest BCUT2D eigenvalue weighted by Crippen LogP contribution is -2.54. The summed E-state index contributed by atoms with van der Waals surface area (Å²) in [4.78, 5) is 14.5. The molecule has 3 nitrogen and oxygen atoms in total. The van der Waals surface area contributed by atoms with Crippen molar-refractivity contribution in [3.8, 4) is 0 Å². The maximum atomic E-state index is 12.4. The molecule has 1 amide bonds. The number of aliphatic hydroxyl groups is 1. The average Bonchev–Trinajstić information content (AvgIpc) is 2.47. The molecule has 2 atom stereocenters. The Morgan fingerprint density at radius 3 is 3.00 bits per heavy atom. The van der Waals surface area contributed by atoms with E-state index >= 15 is 0 Å². The first-order valence-electron chi connectivity index (χ1n) is 8.35. The summed E-state index contributed by atoms with van der Waals surface area (Å²) < 4.78 is 0. The van der Waals surface area contributed by atoms with Gasteiger partial charge in [0.05, 0.1) is 5.60 Å². The Morgan fingerprint density at radius 1 is 1.30 bits per heavy atom. The molecule has 2 unspecified atom stereocenters. The molecule has 20 heavy (non-hydrogen) atoms. The first kappa shape index (κ1) is 14.1. The van der Waals surface area contributed by atoms with Crippen LogP contribution >= 0.6 is 0 Å². The molecule has 2 fully saturated rings. The summed E-state index contributed by atoms with van der Waals surface area (Å²) in [6, 6.07) is 0. The monoisotopic (exact) mass is 277 g/mol. The Balaban J connectivity index is 1.58. The maximum Gasteiger partial charge on any atom is 0.226 e. The van der Waals surface area contributed by atoms with E-state index in [0.29, 0.717) is 12.3 Å². The van der Waals surface area contributed by atoms with Crippen molar-refractivity contribution in [2.24, 2.45) is 5.92 Å². The molecule has 0 aromatic rings. The van der Waals surface area contributed by atoms with E-state index in [9.17, 15) is 9.90 Å². The predicted octanol–water partition coefficient (Wildman–Crippen LogP) is 3.03. The highest BCUT2D eigenvalue weighted by molar-refractivity contribution is 5.79. The van der Waals surface area contributed by atoms with Gasteiger partial charge < -0.3 is 10.0 Å². The van der Waals surface area contributed by atoms with Gasteiger partial charge in [-0.25, -0.2) is 0 Å². The Bertz CT molecular complexity index is 404. The second kappa shape index (κ2) is 5.88. The predicted molar refractivity (Wildman–Crippen MR) is 79.3 cm³/mol. The van der Waals surface area contributed by atoms with Crippen LogP contribution in [-0.2, 0) is 4.79 Å². The van der Waals surface area contributed by atoms with Crippen LogP contribution < -0.4 is 0 Å². The van der Waals surface area contributed by atoms with Gasteiger partial charge in [-0.2, -0.15) is 0 Å². The van der Waals surface area contributed by atoms with Crippen LogP contribution in [0, 0.1) is 5.92 Å². The molecule has 3 aliphatic rings. The van der Waals surface area contributed by atoms with E-state index in [1.165, 1.54) is 24.8 Å². The summed E-state index contributed by atoms with van der Waals surface area (Å²) >= 11 is 0. The van der Waals surface area contributed by atoms with Crippen molar-refractivity contribution in [1.29, 1.82) is 0 Å². The van der Waals surface area contributed by atoms with Crippen LogP contribution in [-0.4, -0.2) is 34.6 Å². The molecular weight excluding hydrogens is 250 g/mol. The van der Waals surface area contributed by atoms with Crippen molar-refractivity contribution in [2.45, 2.75) is 69.8 Å². The average molecular weight is 277 g/mol. The quantitative estimate of drug-likeness (QED) is 0.788. The van der Waals surface area contributed by atoms with Gasteiger partial charge in [-0.1, -0.05) is 24.5 Å². The number of carbonyl (C=O) groups excluding carboxylic acids is 1. The number of allylic oxidation sites excluding steroid dienone is 1. The Kier molecular flexibility index (Phi) is 4.16. The van der Waals surface area contributed by atoms with Crippen molar-refractivity contribution >= 4 is 5.91 Å². The van der Waals surface area contributed by atoms with Gasteiger partial charge in [0.2, 0.25) is 5.91 Å². The highest BCUT2D eigenvalue weighted by atomic mass is 16.3. The van der Waals surface area contributed by atoms with E-state index in [2.05, 4.69) is 6.08 Å². The number of amides is 1. The lowest BCUT2D eigenvalue weighted by molar-refractivity contribution is -0.142. The Labute approximate surface area is 122 Å². The van der Waals surface area contributed by atoms with Crippen LogP contribution in [0.25, 0.3) is 0 Å². The number of likely N-dealkylation sites (tertiary alicyclic amines) is 1. The van der Waals surface area contributed by atoms with Gasteiger partial charge in [0, 0.05) is 25.4 Å². The highest BCUT2D eigenvalue weighted by Gasteiger charge is 2.43. The van der Waals surface area contributed by atoms with Crippen molar-refractivity contribution in [2.75, 3.05) is 13.1 Å². The maximum absolute atomic E-state index is 12.4. The fraction of sp³-hybridized carbons (Fsp3) is 0.824. The van der Waals surface area contributed by atoms with Gasteiger partial charge in [0.25, 0.3) is 0 Å². The molecule has 112 valence electrons. The van der Waals surface area contributed by atoms with Gasteiger partial charge in [-0.05, 0) is 44.9 Å². The molecule has 0 aromatic carbocycles. The second-order valence-corrected chi connectivity index (χ2v) is 6.92. The minimum atomic E-state index is -0.473. The third-order valence-electron chi connectivity index (χ3n) is 5.54. The van der Waals surface area contributed by atoms with Gasteiger partial charge in [0.15, 0.2) is 0 Å². The van der Waals surface area contributed by atoms with Gasteiger partial charge >= 0.3 is 0 Å². The zero-order chi connectivity index (χ0) is 14.0. The minimum absolute atomic E-state index is 0.283. The molecule has 0 bridgehead atoms. The summed E-state index contributed by atoms with van der Waals surface area (Å²) in [5, 5.41) is 10.7. The topological polar surface area (TPSA) is 40.5 Å². The molecule has 2 aliphatic carbocycles. The van der Waals surface area contributed by atoms with E-state index in [1.54, 1.807) is 0 Å². The van der Waals surface area contributed by atoms with Gasteiger partial charge in [-0.3, -0.25) is 4.79 Å². The fourth-order valence-corrected chi connectivity index (χ4v) is 4.17. The third kappa shape index (κ3) is 2.93. The number of hydrogen-bond donors (Lipinski definition) is 1. The number of fused-ring (bicyclic) bond motifs is 1. The van der Waals surface area contributed by atoms with Crippen molar-refractivity contribution in [3.05, 3.63) is 11.6 Å². The highest BCUT2D eigenvalue weighted by Crippen LogP contribution is 2.40. The van der Waals surface area contributed by atoms with Crippen LogP contribution in [0.2, 0.25) is 0 Å². The summed E-state index contributed by atoms with van der Waals surface area (Å²) in [5.41, 5.74) is 0.866. The molecule has 1 saturated heterocycles. The summed E-state index contributed by atoms with van der Waals surface area (Å²) in [5.74, 6) is 0.597. The fourth-order valence-electron chi connectivity index (χ4n) is 4.17. The SMILES string of the molecule is O=C(CC1=CCCCC1)N1CCC2(O)CCCCC2C1. The first-order valence-corrected chi connectivity index (χ1v) is 8.35. The number of rotatable bonds is 2. The molecular formula is C17H27NO2. The van der Waals surface area contributed by atoms with E-state index in [-0.39, 0.29) is 5.91 Å². The molecule has 1 N–H and O–H groups in total. The van der Waals surface area contributed by atoms with Gasteiger partial charge in [0.1, 0.15) is 0 Å². The van der Waals surface area contributed by atoms with Crippen molar-refractivity contribution in [3.63, 3.8) is 0 Å². The molecule has 1 saturated carbocycles. The van der Waals surface area contributed by atoms with Crippen LogP contribution in [0.1, 0.15) is 64.2 Å². The lowest BCUT2D eigenvalue weighted by atomic mass is 9.71. The first-order chi connectivity index (χ1) is 9.67. The Morgan fingerprint density at radius 2 is 2.20 bits per heavy atom. The summed E-state index contributed by atoms with van der Waals surface area (Å²) in [7, 11) is 0. The second-order valence-electron chi connectivity index (χ2n) is 6.92. The number of hydrogen-bond acceptors (Lipinski definition) is 2. The van der Waals surface area contributed by atoms with Crippen molar-refractivity contribution < 1.29 is 9.90 Å². The summed E-state index contributed by atoms with van der Waals surface area (Å²) in [6.45, 7) is 1.53. The van der Waals surface area contributed by atoms with Crippen LogP contribution in [0.5, 0.6) is 0 Å². The van der Waals surface area contributed by atoms with Crippen LogP contribution in [0.15, 0.2) is 11.6 Å². The van der Waals surface area contributed by atoms with E-state index in [1.807, 2.05) is 4.90 Å². The minimum Gasteiger partial charge on any atom is -0.389 e. The lowest BCUT2D eigenvalue weighted by Gasteiger charge is -2.47. The van der Waals surface area contributed by atoms with Crippen molar-refractivity contribution in [1.82, 2.24) is 4.90 Å². The van der Waals surface area contributed by atoms with E-state index in [4.69, 9.17) is 0 Å². The smallest absolute Gasteiger partial charge is 0.226 e. The molecule has 3 heteroatoms. The van der Waals surface area contributed by atoms with E-state index in [0.717, 1.165) is 51.6 Å². The summed E-state index contributed by atoms with van der Waals surface area (Å²) in [6.07, 6.45) is 12.8. The molecule has 0 spiro atoms. The zero-order valence-corrected chi connectivity index (χ0v) is 12.4. The largest absolute Gasteiger partial charge is 0.389 e. The zero-order valence-electron chi connectivity index (χ0n) is 12.4. The number of carbonyl (C=O) groups is 1. The molecule has 0 radical (unpaired) electrons. The van der Waals surface area contributed by atoms with Crippen LogP contribution in [0.3, 0.4) is 0 Å². The number of piperidine rings is 1. The molecule has 3 rings (SSSR count). The number of nitrogens with zero attached hydrogens (tertiary/aromatic N) is 1. The standard InChI is InChI=1S/C17H27NO2/c19-16(12-14-6-2-1-3-7-14)18-11-10-17(20)9-5-4-8-15(17)13-18/h6,15,20H,1-5,7-13H2. The third-order valence-corrected chi connectivity index (χ3v) is 5.54. The van der Waals surface area contributed by atoms with E-state index < -0.39 is 5.60 Å². The molecule has 0 aromatic heterocycles. The van der Waals surface area contributed by atoms with Crippen LogP contribution in [0.4, 0.5) is 0 Å².